The maximum Gasteiger partial charge on any atom is 0.0720 e. The van der Waals surface area contributed by atoms with Gasteiger partial charge in [0.15, 0.2) is 0 Å². The first-order valence-electron chi connectivity index (χ1n) is 6.70. The van der Waals surface area contributed by atoms with Crippen LogP contribution in [0, 0.1) is 6.92 Å². The molecule has 1 aromatic carbocycles. The summed E-state index contributed by atoms with van der Waals surface area (Å²) in [4.78, 5) is 4.61. The average molecular weight is 269 g/mol. The van der Waals surface area contributed by atoms with Gasteiger partial charge in [-0.05, 0) is 31.1 Å². The third kappa shape index (κ3) is 4.32. The predicted octanol–water partition coefficient (Wildman–Crippen LogP) is 4.25. The fraction of sp³-hybridized carbons (Fsp3) is 0.278. The maximum absolute atomic E-state index is 5.28. The summed E-state index contributed by atoms with van der Waals surface area (Å²) in [6.07, 6.45) is 5.73. The van der Waals surface area contributed by atoms with Crippen molar-refractivity contribution in [2.75, 3.05) is 13.7 Å². The van der Waals surface area contributed by atoms with Gasteiger partial charge in [-0.2, -0.15) is 0 Å². The Bertz CT molecular complexity index is 538. The van der Waals surface area contributed by atoms with Gasteiger partial charge in [0.05, 0.1) is 18.9 Å². The van der Waals surface area contributed by atoms with Gasteiger partial charge < -0.3 is 4.74 Å². The summed E-state index contributed by atoms with van der Waals surface area (Å²) in [6.45, 7) is 13.0. The van der Waals surface area contributed by atoms with Crippen LogP contribution in [0.15, 0.2) is 60.2 Å². The van der Waals surface area contributed by atoms with Gasteiger partial charge in [0.1, 0.15) is 0 Å². The number of hydrogen-bond acceptors (Lipinski definition) is 2. The molecule has 0 bridgehead atoms. The third-order valence-electron chi connectivity index (χ3n) is 2.87. The number of methoxy groups -OCH3 is 1. The molecule has 0 saturated carbocycles. The normalized spacial score (nSPS) is 11.8. The van der Waals surface area contributed by atoms with Gasteiger partial charge in [-0.25, -0.2) is 0 Å². The Kier molecular flexibility index (Phi) is 6.68. The molecule has 0 unspecified atom stereocenters. The Labute approximate surface area is 122 Å². The van der Waals surface area contributed by atoms with Crippen LogP contribution in [0.5, 0.6) is 0 Å². The Morgan fingerprint density at radius 3 is 2.75 bits per heavy atom. The molecule has 0 N–H and O–H groups in total. The van der Waals surface area contributed by atoms with Crippen molar-refractivity contribution in [1.82, 2.24) is 0 Å². The first kappa shape index (κ1) is 16.1. The van der Waals surface area contributed by atoms with E-state index < -0.39 is 0 Å². The van der Waals surface area contributed by atoms with E-state index in [1.807, 2.05) is 19.1 Å². The molecule has 1 rings (SSSR count). The fourth-order valence-electron chi connectivity index (χ4n) is 1.99. The van der Waals surface area contributed by atoms with Crippen molar-refractivity contribution in [2.45, 2.75) is 20.5 Å². The van der Waals surface area contributed by atoms with Crippen LogP contribution in [-0.2, 0) is 11.3 Å². The highest BCUT2D eigenvalue weighted by atomic mass is 16.5. The van der Waals surface area contributed by atoms with E-state index in [1.165, 1.54) is 5.56 Å². The smallest absolute Gasteiger partial charge is 0.0720 e. The standard InChI is InChI=1S/C18H23NO/c1-6-8-15(4)18(19-11-7-2)17-12-14(3)9-10-16(17)13-20-5/h6-10,12H,2,4,11,13H2,1,3,5H3/b8-6-,19-18?. The summed E-state index contributed by atoms with van der Waals surface area (Å²) < 4.78 is 5.28. The molecule has 0 aliphatic heterocycles. The molecular formula is C18H23NO. The van der Waals surface area contributed by atoms with Gasteiger partial charge in [-0.3, -0.25) is 4.99 Å². The quantitative estimate of drug-likeness (QED) is 0.412. The van der Waals surface area contributed by atoms with Crippen LogP contribution < -0.4 is 0 Å². The van der Waals surface area contributed by atoms with E-state index in [9.17, 15) is 0 Å². The van der Waals surface area contributed by atoms with E-state index in [0.717, 1.165) is 22.4 Å². The Morgan fingerprint density at radius 1 is 1.40 bits per heavy atom. The zero-order valence-electron chi connectivity index (χ0n) is 12.6. The van der Waals surface area contributed by atoms with Crippen LogP contribution in [0.4, 0.5) is 0 Å². The van der Waals surface area contributed by atoms with Crippen molar-refractivity contribution in [3.63, 3.8) is 0 Å². The monoisotopic (exact) mass is 269 g/mol. The topological polar surface area (TPSA) is 21.6 Å². The van der Waals surface area contributed by atoms with Gasteiger partial charge in [-0.15, -0.1) is 6.58 Å². The molecule has 0 saturated heterocycles. The van der Waals surface area contributed by atoms with Crippen LogP contribution in [0.25, 0.3) is 0 Å². The number of hydrogen-bond donors (Lipinski definition) is 0. The second kappa shape index (κ2) is 8.28. The summed E-state index contributed by atoms with van der Waals surface area (Å²) >= 11 is 0. The van der Waals surface area contributed by atoms with E-state index in [1.54, 1.807) is 13.2 Å². The third-order valence-corrected chi connectivity index (χ3v) is 2.87. The number of aryl methyl sites for hydroxylation is 1. The van der Waals surface area contributed by atoms with Gasteiger partial charge in [0, 0.05) is 12.7 Å². The van der Waals surface area contributed by atoms with E-state index in [4.69, 9.17) is 4.74 Å². The fourth-order valence-corrected chi connectivity index (χ4v) is 1.99. The lowest BCUT2D eigenvalue weighted by atomic mass is 9.96. The lowest BCUT2D eigenvalue weighted by Crippen LogP contribution is -2.09. The van der Waals surface area contributed by atoms with Crippen LogP contribution >= 0.6 is 0 Å². The van der Waals surface area contributed by atoms with Gasteiger partial charge in [0.25, 0.3) is 0 Å². The number of rotatable bonds is 7. The molecule has 2 heteroatoms. The lowest BCUT2D eigenvalue weighted by molar-refractivity contribution is 0.185. The number of ether oxygens (including phenoxy) is 1. The molecule has 0 aliphatic rings. The molecule has 0 heterocycles. The Hall–Kier alpha value is -1.93. The number of allylic oxidation sites excluding steroid dienone is 3. The molecule has 1 aromatic rings. The molecule has 0 fully saturated rings. The molecule has 0 spiro atoms. The largest absolute Gasteiger partial charge is 0.380 e. The van der Waals surface area contributed by atoms with Gasteiger partial charge in [0.2, 0.25) is 0 Å². The van der Waals surface area contributed by atoms with Gasteiger partial charge >= 0.3 is 0 Å². The average Bonchev–Trinajstić information content (AvgIpc) is 2.42. The van der Waals surface area contributed by atoms with E-state index in [0.29, 0.717) is 13.2 Å². The highest BCUT2D eigenvalue weighted by Crippen LogP contribution is 2.18. The van der Waals surface area contributed by atoms with Crippen molar-refractivity contribution in [2.24, 2.45) is 4.99 Å². The van der Waals surface area contributed by atoms with Crippen molar-refractivity contribution >= 4 is 5.71 Å². The van der Waals surface area contributed by atoms with Crippen molar-refractivity contribution in [3.05, 3.63) is 71.8 Å². The lowest BCUT2D eigenvalue weighted by Gasteiger charge is -2.13. The van der Waals surface area contributed by atoms with Crippen LogP contribution in [0.1, 0.15) is 23.6 Å². The molecule has 0 radical (unpaired) electrons. The Morgan fingerprint density at radius 2 is 2.15 bits per heavy atom. The highest BCUT2D eigenvalue weighted by molar-refractivity contribution is 6.14. The molecular weight excluding hydrogens is 246 g/mol. The van der Waals surface area contributed by atoms with Crippen LogP contribution in [-0.4, -0.2) is 19.4 Å². The van der Waals surface area contributed by atoms with Crippen LogP contribution in [0.2, 0.25) is 0 Å². The van der Waals surface area contributed by atoms with Crippen molar-refractivity contribution < 1.29 is 4.74 Å². The SMILES string of the molecule is C=CCN=C(C(=C)/C=C\C)c1cc(C)ccc1COC. The number of benzene rings is 1. The van der Waals surface area contributed by atoms with E-state index in [-0.39, 0.29) is 0 Å². The van der Waals surface area contributed by atoms with Crippen LogP contribution in [0.3, 0.4) is 0 Å². The van der Waals surface area contributed by atoms with E-state index in [2.05, 4.69) is 43.3 Å². The summed E-state index contributed by atoms with van der Waals surface area (Å²) in [5.74, 6) is 0. The zero-order chi connectivity index (χ0) is 15.0. The van der Waals surface area contributed by atoms with Gasteiger partial charge in [-0.1, -0.05) is 42.5 Å². The molecule has 20 heavy (non-hydrogen) atoms. The first-order chi connectivity index (χ1) is 9.63. The summed E-state index contributed by atoms with van der Waals surface area (Å²) in [5.41, 5.74) is 5.19. The first-order valence-corrected chi connectivity index (χ1v) is 6.70. The minimum absolute atomic E-state index is 0.561. The second-order valence-electron chi connectivity index (χ2n) is 4.60. The molecule has 0 amide bonds. The summed E-state index contributed by atoms with van der Waals surface area (Å²) in [6, 6.07) is 6.30. The summed E-state index contributed by atoms with van der Waals surface area (Å²) in [5, 5.41) is 0. The predicted molar refractivity (Wildman–Crippen MR) is 87.4 cm³/mol. The summed E-state index contributed by atoms with van der Waals surface area (Å²) in [7, 11) is 1.70. The van der Waals surface area contributed by atoms with Crippen molar-refractivity contribution in [3.8, 4) is 0 Å². The zero-order valence-corrected chi connectivity index (χ0v) is 12.6. The van der Waals surface area contributed by atoms with E-state index >= 15 is 0 Å². The second-order valence-corrected chi connectivity index (χ2v) is 4.60. The molecule has 0 aliphatic carbocycles. The maximum atomic E-state index is 5.28. The highest BCUT2D eigenvalue weighted by Gasteiger charge is 2.11. The minimum Gasteiger partial charge on any atom is -0.380 e. The minimum atomic E-state index is 0.561. The molecule has 0 aromatic heterocycles. The Balaban J connectivity index is 3.35. The molecule has 0 atom stereocenters. The molecule has 106 valence electrons. The molecule has 2 nitrogen and oxygen atoms in total. The van der Waals surface area contributed by atoms with Crippen molar-refractivity contribution in [1.29, 1.82) is 0 Å². The number of aliphatic imine (C=N–C) groups is 1. The number of nitrogens with zero attached hydrogens (tertiary/aromatic N) is 1.